The number of aryl methyl sites for hydroxylation is 2. The van der Waals surface area contributed by atoms with Gasteiger partial charge in [-0.05, 0) is 43.9 Å². The van der Waals surface area contributed by atoms with Crippen molar-refractivity contribution in [1.82, 2.24) is 0 Å². The van der Waals surface area contributed by atoms with Crippen molar-refractivity contribution < 1.29 is 4.79 Å². The van der Waals surface area contributed by atoms with Gasteiger partial charge in [0.15, 0.2) is 0 Å². The third kappa shape index (κ3) is 5.07. The topological polar surface area (TPSA) is 29.1 Å². The van der Waals surface area contributed by atoms with Crippen molar-refractivity contribution >= 4 is 11.6 Å². The predicted molar refractivity (Wildman–Crippen MR) is 88.5 cm³/mol. The van der Waals surface area contributed by atoms with Crippen LogP contribution < -0.4 is 5.32 Å². The highest BCUT2D eigenvalue weighted by Crippen LogP contribution is 2.16. The second kappa shape index (κ2) is 7.07. The molecule has 0 aromatic heterocycles. The number of amides is 1. The standard InChI is InChI=1S/C19H23NO/c1-14-9-15(2)11-17(10-14)12-16(3)13-19(21)20-18-7-5-4-6-8-18/h4-11,16H,12-13H2,1-3H3,(H,20,21)/t16-/m1/s1. The van der Waals surface area contributed by atoms with Crippen LogP contribution in [0.5, 0.6) is 0 Å². The molecular weight excluding hydrogens is 258 g/mol. The molecule has 2 aromatic carbocycles. The number of para-hydroxylation sites is 1. The summed E-state index contributed by atoms with van der Waals surface area (Å²) in [4.78, 5) is 12.0. The second-order valence-electron chi connectivity index (χ2n) is 5.92. The van der Waals surface area contributed by atoms with Gasteiger partial charge in [0.1, 0.15) is 0 Å². The molecule has 2 heteroatoms. The number of hydrogen-bond donors (Lipinski definition) is 1. The van der Waals surface area contributed by atoms with Gasteiger partial charge in [0, 0.05) is 12.1 Å². The summed E-state index contributed by atoms with van der Waals surface area (Å²) >= 11 is 0. The lowest BCUT2D eigenvalue weighted by Crippen LogP contribution is -2.16. The van der Waals surface area contributed by atoms with Crippen molar-refractivity contribution in [3.05, 3.63) is 65.2 Å². The Morgan fingerprint density at radius 1 is 1.05 bits per heavy atom. The normalized spacial score (nSPS) is 12.0. The fourth-order valence-electron chi connectivity index (χ4n) is 2.71. The Labute approximate surface area is 127 Å². The van der Waals surface area contributed by atoms with Crippen molar-refractivity contribution in [1.29, 1.82) is 0 Å². The van der Waals surface area contributed by atoms with Gasteiger partial charge in [-0.25, -0.2) is 0 Å². The molecule has 0 spiro atoms. The summed E-state index contributed by atoms with van der Waals surface area (Å²) in [5.74, 6) is 0.410. The van der Waals surface area contributed by atoms with Crippen LogP contribution >= 0.6 is 0 Å². The average Bonchev–Trinajstić information content (AvgIpc) is 2.37. The molecule has 1 amide bonds. The van der Waals surface area contributed by atoms with Crippen LogP contribution in [0.3, 0.4) is 0 Å². The van der Waals surface area contributed by atoms with E-state index in [1.807, 2.05) is 30.3 Å². The van der Waals surface area contributed by atoms with Crippen molar-refractivity contribution in [2.24, 2.45) is 5.92 Å². The summed E-state index contributed by atoms with van der Waals surface area (Å²) in [7, 11) is 0. The first-order valence-corrected chi connectivity index (χ1v) is 7.45. The molecule has 110 valence electrons. The van der Waals surface area contributed by atoms with Gasteiger partial charge in [-0.3, -0.25) is 4.79 Å². The lowest BCUT2D eigenvalue weighted by Gasteiger charge is -2.13. The van der Waals surface area contributed by atoms with E-state index in [4.69, 9.17) is 0 Å². The van der Waals surface area contributed by atoms with Crippen molar-refractivity contribution in [2.75, 3.05) is 5.32 Å². The summed E-state index contributed by atoms with van der Waals surface area (Å²) in [6.45, 7) is 6.36. The Hall–Kier alpha value is -2.09. The zero-order valence-electron chi connectivity index (χ0n) is 13.0. The van der Waals surface area contributed by atoms with Gasteiger partial charge in [0.25, 0.3) is 0 Å². The molecule has 21 heavy (non-hydrogen) atoms. The van der Waals surface area contributed by atoms with Gasteiger partial charge in [-0.1, -0.05) is 54.4 Å². The molecule has 2 aromatic rings. The van der Waals surface area contributed by atoms with E-state index in [1.54, 1.807) is 0 Å². The lowest BCUT2D eigenvalue weighted by atomic mass is 9.95. The molecule has 0 aliphatic carbocycles. The zero-order chi connectivity index (χ0) is 15.2. The van der Waals surface area contributed by atoms with E-state index in [-0.39, 0.29) is 5.91 Å². The van der Waals surface area contributed by atoms with Gasteiger partial charge in [-0.2, -0.15) is 0 Å². The molecule has 0 radical (unpaired) electrons. The van der Waals surface area contributed by atoms with E-state index >= 15 is 0 Å². The number of rotatable bonds is 5. The first-order valence-electron chi connectivity index (χ1n) is 7.45. The quantitative estimate of drug-likeness (QED) is 0.858. The smallest absolute Gasteiger partial charge is 0.224 e. The van der Waals surface area contributed by atoms with E-state index in [0.29, 0.717) is 12.3 Å². The maximum absolute atomic E-state index is 12.0. The molecule has 0 heterocycles. The predicted octanol–water partition coefficient (Wildman–Crippen LogP) is 4.51. The van der Waals surface area contributed by atoms with Crippen LogP contribution in [-0.4, -0.2) is 5.91 Å². The third-order valence-electron chi connectivity index (χ3n) is 3.46. The Kier molecular flexibility index (Phi) is 5.15. The average molecular weight is 281 g/mol. The minimum absolute atomic E-state index is 0.0816. The van der Waals surface area contributed by atoms with Gasteiger partial charge in [0.05, 0.1) is 0 Å². The van der Waals surface area contributed by atoms with Crippen LogP contribution in [0.1, 0.15) is 30.0 Å². The minimum atomic E-state index is 0.0816. The highest BCUT2D eigenvalue weighted by Gasteiger charge is 2.10. The molecule has 0 bridgehead atoms. The van der Waals surface area contributed by atoms with E-state index in [9.17, 15) is 4.79 Å². The van der Waals surface area contributed by atoms with E-state index in [0.717, 1.165) is 12.1 Å². The van der Waals surface area contributed by atoms with Crippen LogP contribution in [-0.2, 0) is 11.2 Å². The van der Waals surface area contributed by atoms with Crippen LogP contribution in [0.25, 0.3) is 0 Å². The molecule has 0 unspecified atom stereocenters. The lowest BCUT2D eigenvalue weighted by molar-refractivity contribution is -0.116. The Morgan fingerprint density at radius 3 is 2.29 bits per heavy atom. The maximum atomic E-state index is 12.0. The van der Waals surface area contributed by atoms with Crippen LogP contribution in [0.2, 0.25) is 0 Å². The van der Waals surface area contributed by atoms with E-state index in [2.05, 4.69) is 44.3 Å². The fraction of sp³-hybridized carbons (Fsp3) is 0.316. The Bertz CT molecular complexity index is 584. The van der Waals surface area contributed by atoms with Gasteiger partial charge in [0.2, 0.25) is 5.91 Å². The number of carbonyl (C=O) groups is 1. The number of anilines is 1. The summed E-state index contributed by atoms with van der Waals surface area (Å²) in [5.41, 5.74) is 4.74. The zero-order valence-corrected chi connectivity index (χ0v) is 13.0. The minimum Gasteiger partial charge on any atom is -0.326 e. The second-order valence-corrected chi connectivity index (χ2v) is 5.92. The highest BCUT2D eigenvalue weighted by molar-refractivity contribution is 5.90. The summed E-state index contributed by atoms with van der Waals surface area (Å²) in [6.07, 6.45) is 1.48. The molecule has 2 nitrogen and oxygen atoms in total. The van der Waals surface area contributed by atoms with E-state index < -0.39 is 0 Å². The molecule has 0 aliphatic heterocycles. The van der Waals surface area contributed by atoms with Crippen molar-refractivity contribution in [3.63, 3.8) is 0 Å². The maximum Gasteiger partial charge on any atom is 0.224 e. The Morgan fingerprint density at radius 2 is 1.67 bits per heavy atom. The first-order chi connectivity index (χ1) is 10.0. The molecule has 0 saturated heterocycles. The Balaban J connectivity index is 1.89. The van der Waals surface area contributed by atoms with Gasteiger partial charge >= 0.3 is 0 Å². The molecule has 2 rings (SSSR count). The molecule has 0 saturated carbocycles. The summed E-state index contributed by atoms with van der Waals surface area (Å²) < 4.78 is 0. The fourth-order valence-corrected chi connectivity index (χ4v) is 2.71. The van der Waals surface area contributed by atoms with Crippen molar-refractivity contribution in [2.45, 2.75) is 33.6 Å². The van der Waals surface area contributed by atoms with Crippen molar-refractivity contribution in [3.8, 4) is 0 Å². The monoisotopic (exact) mass is 281 g/mol. The molecule has 1 atom stereocenters. The number of carbonyl (C=O) groups excluding carboxylic acids is 1. The summed E-state index contributed by atoms with van der Waals surface area (Å²) in [5, 5.41) is 2.94. The summed E-state index contributed by atoms with van der Waals surface area (Å²) in [6, 6.07) is 16.2. The van der Waals surface area contributed by atoms with Crippen LogP contribution in [0.15, 0.2) is 48.5 Å². The SMILES string of the molecule is Cc1cc(C)cc(C[C@@H](C)CC(=O)Nc2ccccc2)c1. The molecule has 0 aliphatic rings. The third-order valence-corrected chi connectivity index (χ3v) is 3.46. The molecule has 0 fully saturated rings. The highest BCUT2D eigenvalue weighted by atomic mass is 16.1. The molecule has 1 N–H and O–H groups in total. The van der Waals surface area contributed by atoms with Gasteiger partial charge in [-0.15, -0.1) is 0 Å². The number of benzene rings is 2. The van der Waals surface area contributed by atoms with E-state index in [1.165, 1.54) is 16.7 Å². The van der Waals surface area contributed by atoms with Crippen LogP contribution in [0, 0.1) is 19.8 Å². The number of hydrogen-bond acceptors (Lipinski definition) is 1. The molecular formula is C19H23NO. The van der Waals surface area contributed by atoms with Gasteiger partial charge < -0.3 is 5.32 Å². The number of nitrogens with one attached hydrogen (secondary N) is 1. The van der Waals surface area contributed by atoms with Crippen LogP contribution in [0.4, 0.5) is 5.69 Å². The largest absolute Gasteiger partial charge is 0.326 e. The first kappa shape index (κ1) is 15.3.